The van der Waals surface area contributed by atoms with Crippen LogP contribution in [0.15, 0.2) is 29.1 Å². The molecule has 0 saturated carbocycles. The van der Waals surface area contributed by atoms with E-state index < -0.39 is 0 Å². The molecule has 17 heavy (non-hydrogen) atoms. The molecule has 2 heterocycles. The lowest BCUT2D eigenvalue weighted by Gasteiger charge is -2.03. The predicted molar refractivity (Wildman–Crippen MR) is 68.7 cm³/mol. The molecule has 1 aliphatic rings. The van der Waals surface area contributed by atoms with Crippen molar-refractivity contribution in [2.45, 2.75) is 0 Å². The molecule has 0 unspecified atom stereocenters. The first-order valence-corrected chi connectivity index (χ1v) is 5.57. The summed E-state index contributed by atoms with van der Waals surface area (Å²) in [5.41, 5.74) is -0.0711. The first-order valence-electron chi connectivity index (χ1n) is 4.79. The minimum atomic E-state index is -0.357. The van der Waals surface area contributed by atoms with Gasteiger partial charge in [0.2, 0.25) is 0 Å². The molecule has 3 rings (SSSR count). The Hall–Kier alpha value is -1.72. The van der Waals surface area contributed by atoms with Gasteiger partial charge in [-0.1, -0.05) is 17.7 Å². The Balaban J connectivity index is 2.52. The molecule has 1 aromatic heterocycles. The fraction of sp³-hybridized carbons (Fsp3) is 0. The van der Waals surface area contributed by atoms with Crippen LogP contribution in [0.5, 0.6) is 0 Å². The number of benzene rings is 1. The molecule has 0 spiro atoms. The number of rotatable bonds is 0. The van der Waals surface area contributed by atoms with Crippen LogP contribution in [0.25, 0.3) is 10.8 Å². The molecule has 1 aromatic carbocycles. The number of halogens is 1. The Morgan fingerprint density at radius 2 is 2.00 bits per heavy atom. The third kappa shape index (κ3) is 1.40. The highest BCUT2D eigenvalue weighted by Gasteiger charge is 2.25. The van der Waals surface area contributed by atoms with Crippen molar-refractivity contribution in [2.75, 3.05) is 0 Å². The number of fused-ring (bicyclic) bond motifs is 2. The average Bonchev–Trinajstić information content (AvgIpc) is 2.56. The van der Waals surface area contributed by atoms with E-state index in [1.165, 1.54) is 4.57 Å². The molecule has 6 heteroatoms. The maximum Gasteiger partial charge on any atom is 0.274 e. The van der Waals surface area contributed by atoms with Crippen molar-refractivity contribution >= 4 is 45.6 Å². The zero-order chi connectivity index (χ0) is 12.2. The zero-order valence-electron chi connectivity index (χ0n) is 8.36. The van der Waals surface area contributed by atoms with Gasteiger partial charge in [-0.3, -0.25) is 14.9 Å². The van der Waals surface area contributed by atoms with Crippen LogP contribution >= 0.6 is 23.8 Å². The van der Waals surface area contributed by atoms with Crippen molar-refractivity contribution in [3.8, 4) is 0 Å². The summed E-state index contributed by atoms with van der Waals surface area (Å²) in [6, 6.07) is 6.57. The average molecular weight is 265 g/mol. The van der Waals surface area contributed by atoms with Crippen molar-refractivity contribution in [3.63, 3.8) is 0 Å². The van der Waals surface area contributed by atoms with Crippen LogP contribution in [0, 0.1) is 0 Å². The van der Waals surface area contributed by atoms with E-state index >= 15 is 0 Å². The Morgan fingerprint density at radius 3 is 2.76 bits per heavy atom. The number of amides is 1. The standard InChI is InChI=1S/C11H5ClN2O2S/c12-6-2-1-5-3-8-9(15)13-11(17)14(8)10(16)7(5)4-6/h1-4H,(H,13,15,17). The van der Waals surface area contributed by atoms with Gasteiger partial charge < -0.3 is 0 Å². The molecule has 2 aromatic rings. The van der Waals surface area contributed by atoms with Crippen molar-refractivity contribution in [1.29, 1.82) is 0 Å². The predicted octanol–water partition coefficient (Wildman–Crippen LogP) is 1.53. The van der Waals surface area contributed by atoms with Crippen LogP contribution in [0.2, 0.25) is 5.02 Å². The van der Waals surface area contributed by atoms with Gasteiger partial charge in [0.15, 0.2) is 5.11 Å². The Morgan fingerprint density at radius 1 is 1.24 bits per heavy atom. The lowest BCUT2D eigenvalue weighted by Crippen LogP contribution is -2.28. The van der Waals surface area contributed by atoms with E-state index in [9.17, 15) is 9.59 Å². The summed E-state index contributed by atoms with van der Waals surface area (Å²) >= 11 is 10.8. The second-order valence-corrected chi connectivity index (χ2v) is 4.48. The third-order valence-corrected chi connectivity index (χ3v) is 3.16. The highest BCUT2D eigenvalue weighted by Crippen LogP contribution is 2.19. The Bertz CT molecular complexity index is 751. The summed E-state index contributed by atoms with van der Waals surface area (Å²) in [6.45, 7) is 0. The lowest BCUT2D eigenvalue weighted by atomic mass is 10.1. The fourth-order valence-electron chi connectivity index (χ4n) is 1.87. The third-order valence-electron chi connectivity index (χ3n) is 2.64. The Labute approximate surface area is 106 Å². The molecule has 0 radical (unpaired) electrons. The first kappa shape index (κ1) is 10.4. The van der Waals surface area contributed by atoms with E-state index in [1.807, 2.05) is 0 Å². The van der Waals surface area contributed by atoms with Crippen molar-refractivity contribution in [1.82, 2.24) is 9.88 Å². The van der Waals surface area contributed by atoms with Gasteiger partial charge in [0.25, 0.3) is 11.5 Å². The Kier molecular flexibility index (Phi) is 2.08. The van der Waals surface area contributed by atoms with Crippen LogP contribution in [0.4, 0.5) is 0 Å². The van der Waals surface area contributed by atoms with Crippen molar-refractivity contribution in [3.05, 3.63) is 45.3 Å². The molecule has 0 atom stereocenters. The van der Waals surface area contributed by atoms with E-state index in [1.54, 1.807) is 24.3 Å². The smallest absolute Gasteiger partial charge is 0.274 e. The number of nitrogens with one attached hydrogen (secondary N) is 1. The number of carbonyl (C=O) groups is 1. The van der Waals surface area contributed by atoms with Crippen LogP contribution in [-0.4, -0.2) is 15.6 Å². The van der Waals surface area contributed by atoms with Gasteiger partial charge in [0, 0.05) is 10.4 Å². The van der Waals surface area contributed by atoms with E-state index in [0.29, 0.717) is 15.8 Å². The van der Waals surface area contributed by atoms with Crippen LogP contribution in [0.1, 0.15) is 10.5 Å². The van der Waals surface area contributed by atoms with Gasteiger partial charge in [-0.25, -0.2) is 4.57 Å². The van der Waals surface area contributed by atoms with Crippen LogP contribution in [-0.2, 0) is 0 Å². The molecule has 0 saturated heterocycles. The lowest BCUT2D eigenvalue weighted by molar-refractivity contribution is 0.0981. The number of nitrogens with zero attached hydrogens (tertiary/aromatic N) is 1. The van der Waals surface area contributed by atoms with E-state index in [2.05, 4.69) is 5.32 Å². The second-order valence-electron chi connectivity index (χ2n) is 3.66. The molecule has 0 fully saturated rings. The minimum absolute atomic E-state index is 0.108. The number of pyridine rings is 1. The maximum absolute atomic E-state index is 12.2. The minimum Gasteiger partial charge on any atom is -0.297 e. The van der Waals surface area contributed by atoms with Gasteiger partial charge in [0.1, 0.15) is 5.69 Å². The molecule has 0 bridgehead atoms. The molecular weight excluding hydrogens is 260 g/mol. The summed E-state index contributed by atoms with van der Waals surface area (Å²) in [5, 5.41) is 4.13. The van der Waals surface area contributed by atoms with Crippen molar-refractivity contribution < 1.29 is 4.79 Å². The summed E-state index contributed by atoms with van der Waals surface area (Å²) < 4.78 is 1.19. The highest BCUT2D eigenvalue weighted by atomic mass is 35.5. The van der Waals surface area contributed by atoms with E-state index in [-0.39, 0.29) is 22.3 Å². The number of carbonyl (C=O) groups excluding carboxylic acids is 1. The second kappa shape index (κ2) is 3.38. The number of aromatic nitrogens is 1. The largest absolute Gasteiger partial charge is 0.297 e. The van der Waals surface area contributed by atoms with Crippen molar-refractivity contribution in [2.24, 2.45) is 0 Å². The van der Waals surface area contributed by atoms with Gasteiger partial charge >= 0.3 is 0 Å². The normalized spacial score (nSPS) is 13.9. The summed E-state index contributed by atoms with van der Waals surface area (Å²) in [6.07, 6.45) is 0. The number of hydrogen-bond acceptors (Lipinski definition) is 3. The van der Waals surface area contributed by atoms with Crippen LogP contribution < -0.4 is 10.9 Å². The summed E-state index contributed by atoms with van der Waals surface area (Å²) in [7, 11) is 0. The quantitative estimate of drug-likeness (QED) is 0.734. The monoisotopic (exact) mass is 264 g/mol. The van der Waals surface area contributed by atoms with Crippen LogP contribution in [0.3, 0.4) is 0 Å². The highest BCUT2D eigenvalue weighted by molar-refractivity contribution is 7.80. The molecule has 1 aliphatic heterocycles. The number of thiocarbonyl (C=S) groups is 1. The number of hydrogen-bond donors (Lipinski definition) is 1. The SMILES string of the molecule is O=C1NC(=S)n2c1cc1ccc(Cl)cc1c2=O. The molecule has 1 N–H and O–H groups in total. The summed E-state index contributed by atoms with van der Waals surface area (Å²) in [4.78, 5) is 23.7. The van der Waals surface area contributed by atoms with Gasteiger partial charge in [0.05, 0.1) is 0 Å². The fourth-order valence-corrected chi connectivity index (χ4v) is 2.31. The summed E-state index contributed by atoms with van der Waals surface area (Å²) in [5.74, 6) is -0.357. The molecular formula is C11H5ClN2O2S. The van der Waals surface area contributed by atoms with Gasteiger partial charge in [-0.15, -0.1) is 0 Å². The molecule has 0 aliphatic carbocycles. The van der Waals surface area contributed by atoms with E-state index in [4.69, 9.17) is 23.8 Å². The topological polar surface area (TPSA) is 51.1 Å². The van der Waals surface area contributed by atoms with Gasteiger partial charge in [-0.05, 0) is 35.8 Å². The molecule has 84 valence electrons. The van der Waals surface area contributed by atoms with E-state index in [0.717, 1.165) is 0 Å². The zero-order valence-corrected chi connectivity index (χ0v) is 9.93. The molecule has 4 nitrogen and oxygen atoms in total. The van der Waals surface area contributed by atoms with Gasteiger partial charge in [-0.2, -0.15) is 0 Å². The maximum atomic E-state index is 12.2. The molecule has 1 amide bonds. The first-order chi connectivity index (χ1) is 8.08.